The van der Waals surface area contributed by atoms with Gasteiger partial charge in [-0.2, -0.15) is 4.98 Å². The summed E-state index contributed by atoms with van der Waals surface area (Å²) in [5.74, 6) is 0.0447. The third-order valence-corrected chi connectivity index (χ3v) is 4.50. The number of carbonyl (C=O) groups is 1. The Balaban J connectivity index is 1.43. The van der Waals surface area contributed by atoms with Crippen LogP contribution in [-0.4, -0.2) is 25.6 Å². The minimum Gasteiger partial charge on any atom is -0.334 e. The lowest BCUT2D eigenvalue weighted by Crippen LogP contribution is -2.17. The van der Waals surface area contributed by atoms with Crippen molar-refractivity contribution in [1.82, 2.24) is 19.7 Å². The molecule has 0 saturated carbocycles. The summed E-state index contributed by atoms with van der Waals surface area (Å²) in [7, 11) is 0. The van der Waals surface area contributed by atoms with E-state index in [-0.39, 0.29) is 30.0 Å². The molecule has 2 aromatic carbocycles. The highest BCUT2D eigenvalue weighted by Gasteiger charge is 2.14. The fourth-order valence-corrected chi connectivity index (χ4v) is 2.78. The Morgan fingerprint density at radius 1 is 1.14 bits per heavy atom. The SMILES string of the molecule is Cc1ccc(NC(=O)Cn2cnc(-c3noc(-c4ccc(F)cc4)n3)c2)cc1C. The van der Waals surface area contributed by atoms with E-state index in [4.69, 9.17) is 4.52 Å². The molecule has 0 aliphatic carbocycles. The molecule has 0 spiro atoms. The lowest BCUT2D eigenvalue weighted by Gasteiger charge is -2.08. The van der Waals surface area contributed by atoms with Crippen molar-refractivity contribution < 1.29 is 13.7 Å². The van der Waals surface area contributed by atoms with Crippen molar-refractivity contribution in [2.24, 2.45) is 0 Å². The Morgan fingerprint density at radius 3 is 2.69 bits per heavy atom. The van der Waals surface area contributed by atoms with Crippen LogP contribution in [0, 0.1) is 19.7 Å². The molecule has 4 rings (SSSR count). The van der Waals surface area contributed by atoms with Gasteiger partial charge in [0.25, 0.3) is 5.89 Å². The van der Waals surface area contributed by atoms with Crippen LogP contribution in [0.1, 0.15) is 11.1 Å². The zero-order chi connectivity index (χ0) is 20.4. The van der Waals surface area contributed by atoms with E-state index in [1.165, 1.54) is 24.0 Å². The highest BCUT2D eigenvalue weighted by Crippen LogP contribution is 2.21. The van der Waals surface area contributed by atoms with Crippen molar-refractivity contribution >= 4 is 11.6 Å². The first kappa shape index (κ1) is 18.5. The summed E-state index contributed by atoms with van der Waals surface area (Å²) < 4.78 is 19.9. The van der Waals surface area contributed by atoms with Gasteiger partial charge in [-0.05, 0) is 61.4 Å². The van der Waals surface area contributed by atoms with Crippen molar-refractivity contribution in [1.29, 1.82) is 0 Å². The second-order valence-corrected chi connectivity index (χ2v) is 6.71. The van der Waals surface area contributed by atoms with E-state index >= 15 is 0 Å². The van der Waals surface area contributed by atoms with Crippen molar-refractivity contribution in [3.8, 4) is 23.0 Å². The van der Waals surface area contributed by atoms with Gasteiger partial charge in [-0.15, -0.1) is 0 Å². The molecule has 0 bridgehead atoms. The number of anilines is 1. The Labute approximate surface area is 166 Å². The number of rotatable bonds is 5. The zero-order valence-electron chi connectivity index (χ0n) is 15.9. The van der Waals surface area contributed by atoms with Gasteiger partial charge in [0.2, 0.25) is 11.7 Å². The minimum absolute atomic E-state index is 0.0998. The number of halogens is 1. The molecule has 0 aliphatic rings. The van der Waals surface area contributed by atoms with Crippen molar-refractivity contribution in [2.75, 3.05) is 5.32 Å². The number of carbonyl (C=O) groups excluding carboxylic acids is 1. The largest absolute Gasteiger partial charge is 0.334 e. The topological polar surface area (TPSA) is 85.8 Å². The molecule has 29 heavy (non-hydrogen) atoms. The molecule has 0 fully saturated rings. The molecule has 0 atom stereocenters. The number of hydrogen-bond acceptors (Lipinski definition) is 5. The van der Waals surface area contributed by atoms with Gasteiger partial charge in [0, 0.05) is 17.4 Å². The van der Waals surface area contributed by atoms with E-state index in [1.54, 1.807) is 22.9 Å². The Morgan fingerprint density at radius 2 is 1.93 bits per heavy atom. The summed E-state index contributed by atoms with van der Waals surface area (Å²) in [6.45, 7) is 4.12. The van der Waals surface area contributed by atoms with Crippen molar-refractivity contribution in [2.45, 2.75) is 20.4 Å². The predicted molar refractivity (Wildman–Crippen MR) is 105 cm³/mol. The predicted octanol–water partition coefficient (Wildman–Crippen LogP) is 3.99. The Bertz CT molecular complexity index is 1160. The van der Waals surface area contributed by atoms with Gasteiger partial charge in [0.15, 0.2) is 0 Å². The van der Waals surface area contributed by atoms with Gasteiger partial charge in [0.1, 0.15) is 18.1 Å². The standard InChI is InChI=1S/C21H18FN5O2/c1-13-3-8-17(9-14(13)2)24-19(28)11-27-10-18(23-12-27)20-25-21(29-26-20)15-4-6-16(22)7-5-15/h3-10,12H,11H2,1-2H3,(H,24,28). The van der Waals surface area contributed by atoms with Crippen LogP contribution in [0.25, 0.3) is 23.0 Å². The molecule has 0 aliphatic heterocycles. The van der Waals surface area contributed by atoms with Crippen LogP contribution in [0.2, 0.25) is 0 Å². The molecular weight excluding hydrogens is 373 g/mol. The van der Waals surface area contributed by atoms with Crippen molar-refractivity contribution in [3.63, 3.8) is 0 Å². The number of nitrogens with one attached hydrogen (secondary N) is 1. The molecule has 1 amide bonds. The van der Waals surface area contributed by atoms with Gasteiger partial charge in [-0.1, -0.05) is 11.2 Å². The van der Waals surface area contributed by atoms with Gasteiger partial charge in [-0.3, -0.25) is 4.79 Å². The summed E-state index contributed by atoms with van der Waals surface area (Å²) >= 11 is 0. The maximum atomic E-state index is 13.0. The van der Waals surface area contributed by atoms with Crippen LogP contribution in [0.5, 0.6) is 0 Å². The van der Waals surface area contributed by atoms with E-state index in [0.717, 1.165) is 11.3 Å². The number of amides is 1. The molecule has 146 valence electrons. The molecule has 2 heterocycles. The average molecular weight is 391 g/mol. The summed E-state index contributed by atoms with van der Waals surface area (Å²) in [5, 5.41) is 6.78. The molecule has 4 aromatic rings. The third-order valence-electron chi connectivity index (χ3n) is 4.50. The number of nitrogens with zero attached hydrogens (tertiary/aromatic N) is 4. The fraction of sp³-hybridized carbons (Fsp3) is 0.143. The van der Waals surface area contributed by atoms with Crippen LogP contribution < -0.4 is 5.32 Å². The second kappa shape index (κ2) is 7.67. The summed E-state index contributed by atoms with van der Waals surface area (Å²) in [5.41, 5.74) is 4.11. The summed E-state index contributed by atoms with van der Waals surface area (Å²) in [6.07, 6.45) is 3.20. The number of hydrogen-bond donors (Lipinski definition) is 1. The van der Waals surface area contributed by atoms with Crippen LogP contribution >= 0.6 is 0 Å². The monoisotopic (exact) mass is 391 g/mol. The highest BCUT2D eigenvalue weighted by atomic mass is 19.1. The van der Waals surface area contributed by atoms with Crippen LogP contribution in [0.3, 0.4) is 0 Å². The maximum Gasteiger partial charge on any atom is 0.258 e. The van der Waals surface area contributed by atoms with E-state index in [0.29, 0.717) is 11.3 Å². The summed E-state index contributed by atoms with van der Waals surface area (Å²) in [6, 6.07) is 11.5. The second-order valence-electron chi connectivity index (χ2n) is 6.71. The average Bonchev–Trinajstić information content (AvgIpc) is 3.35. The lowest BCUT2D eigenvalue weighted by molar-refractivity contribution is -0.116. The smallest absolute Gasteiger partial charge is 0.258 e. The molecule has 8 heteroatoms. The van der Waals surface area contributed by atoms with Crippen LogP contribution in [0.15, 0.2) is 59.5 Å². The first-order valence-corrected chi connectivity index (χ1v) is 8.97. The highest BCUT2D eigenvalue weighted by molar-refractivity contribution is 5.90. The van der Waals surface area contributed by atoms with E-state index in [9.17, 15) is 9.18 Å². The molecule has 2 aromatic heterocycles. The summed E-state index contributed by atoms with van der Waals surface area (Å²) in [4.78, 5) is 20.8. The first-order chi connectivity index (χ1) is 14.0. The van der Waals surface area contributed by atoms with E-state index in [1.807, 2.05) is 32.0 Å². The van der Waals surface area contributed by atoms with Gasteiger partial charge in [-0.25, -0.2) is 9.37 Å². The fourth-order valence-electron chi connectivity index (χ4n) is 2.78. The van der Waals surface area contributed by atoms with E-state index < -0.39 is 0 Å². The zero-order valence-corrected chi connectivity index (χ0v) is 15.9. The number of aromatic nitrogens is 4. The molecular formula is C21H18FN5O2. The van der Waals surface area contributed by atoms with E-state index in [2.05, 4.69) is 20.4 Å². The first-order valence-electron chi connectivity index (χ1n) is 8.97. The van der Waals surface area contributed by atoms with Gasteiger partial charge < -0.3 is 14.4 Å². The third kappa shape index (κ3) is 4.21. The van der Waals surface area contributed by atoms with Crippen LogP contribution in [0.4, 0.5) is 10.1 Å². The number of benzene rings is 2. The normalized spacial score (nSPS) is 10.9. The quantitative estimate of drug-likeness (QED) is 0.556. The Hall–Kier alpha value is -3.81. The van der Waals surface area contributed by atoms with Crippen molar-refractivity contribution in [3.05, 3.63) is 71.9 Å². The van der Waals surface area contributed by atoms with Gasteiger partial charge in [0.05, 0.1) is 6.33 Å². The molecule has 0 radical (unpaired) electrons. The number of imidazole rings is 1. The molecule has 0 unspecified atom stereocenters. The van der Waals surface area contributed by atoms with Crippen LogP contribution in [-0.2, 0) is 11.3 Å². The van der Waals surface area contributed by atoms with Gasteiger partial charge >= 0.3 is 0 Å². The number of aryl methyl sites for hydroxylation is 2. The Kier molecular flexibility index (Phi) is 4.90. The minimum atomic E-state index is -0.341. The molecule has 0 saturated heterocycles. The molecule has 1 N–H and O–H groups in total. The lowest BCUT2D eigenvalue weighted by atomic mass is 10.1. The molecule has 7 nitrogen and oxygen atoms in total. The maximum absolute atomic E-state index is 13.0.